The van der Waals surface area contributed by atoms with Gasteiger partial charge in [0, 0.05) is 5.56 Å². The minimum atomic E-state index is 0.407. The van der Waals surface area contributed by atoms with Crippen LogP contribution < -0.4 is 5.73 Å². The minimum absolute atomic E-state index is 0.407. The van der Waals surface area contributed by atoms with Crippen LogP contribution in [0.25, 0.3) is 20.8 Å². The first kappa shape index (κ1) is 12.7. The summed E-state index contributed by atoms with van der Waals surface area (Å²) in [5.41, 5.74) is 9.22. The molecule has 3 rings (SSSR count). The molecule has 3 aromatic rings. The van der Waals surface area contributed by atoms with Crippen LogP contribution in [0.1, 0.15) is 5.56 Å². The molecule has 5 heteroatoms. The molecule has 0 atom stereocenters. The summed E-state index contributed by atoms with van der Waals surface area (Å²) in [5.74, 6) is 0. The van der Waals surface area contributed by atoms with Crippen molar-refractivity contribution >= 4 is 50.4 Å². The first-order valence-electron chi connectivity index (χ1n) is 5.66. The average Bonchev–Trinajstić information content (AvgIpc) is 2.78. The van der Waals surface area contributed by atoms with Crippen LogP contribution in [0.2, 0.25) is 10.0 Å². The SMILES string of the molecule is Cc1ccc2sc(-c3cc(Cl)c(N)c(Cl)c3)nc2c1. The molecule has 0 amide bonds. The number of nitrogen functional groups attached to an aromatic ring is 1. The number of aryl methyl sites for hydroxylation is 1. The molecule has 96 valence electrons. The van der Waals surface area contributed by atoms with Gasteiger partial charge in [-0.2, -0.15) is 0 Å². The highest BCUT2D eigenvalue weighted by atomic mass is 35.5. The summed E-state index contributed by atoms with van der Waals surface area (Å²) >= 11 is 13.7. The molecule has 19 heavy (non-hydrogen) atoms. The second kappa shape index (κ2) is 4.67. The molecule has 0 bridgehead atoms. The molecule has 2 N–H and O–H groups in total. The highest BCUT2D eigenvalue weighted by Crippen LogP contribution is 2.36. The van der Waals surface area contributed by atoms with Crippen LogP contribution in [0.3, 0.4) is 0 Å². The Hall–Kier alpha value is -1.29. The molecule has 0 radical (unpaired) electrons. The van der Waals surface area contributed by atoms with Gasteiger partial charge in [0.25, 0.3) is 0 Å². The van der Waals surface area contributed by atoms with Crippen molar-refractivity contribution in [2.24, 2.45) is 0 Å². The Morgan fingerprint density at radius 1 is 1.11 bits per heavy atom. The largest absolute Gasteiger partial charge is 0.396 e. The van der Waals surface area contributed by atoms with Gasteiger partial charge in [0.15, 0.2) is 0 Å². The number of rotatable bonds is 1. The van der Waals surface area contributed by atoms with Gasteiger partial charge in [-0.25, -0.2) is 4.98 Å². The molecule has 0 aliphatic rings. The van der Waals surface area contributed by atoms with E-state index in [2.05, 4.69) is 30.1 Å². The number of nitrogens with zero attached hydrogens (tertiary/aromatic N) is 1. The number of benzene rings is 2. The Morgan fingerprint density at radius 3 is 2.47 bits per heavy atom. The Labute approximate surface area is 124 Å². The van der Waals surface area contributed by atoms with Crippen LogP contribution in [-0.2, 0) is 0 Å². The summed E-state index contributed by atoms with van der Waals surface area (Å²) in [6.45, 7) is 2.05. The lowest BCUT2D eigenvalue weighted by Crippen LogP contribution is -1.88. The van der Waals surface area contributed by atoms with Crippen molar-refractivity contribution in [3.05, 3.63) is 45.9 Å². The third-order valence-corrected chi connectivity index (χ3v) is 4.58. The predicted molar refractivity (Wildman–Crippen MR) is 84.2 cm³/mol. The second-order valence-corrected chi connectivity index (χ2v) is 6.19. The third kappa shape index (κ3) is 2.29. The summed E-state index contributed by atoms with van der Waals surface area (Å²) in [6.07, 6.45) is 0. The molecule has 0 spiro atoms. The molecule has 0 aliphatic carbocycles. The fourth-order valence-electron chi connectivity index (χ4n) is 1.87. The van der Waals surface area contributed by atoms with E-state index in [9.17, 15) is 0 Å². The molecule has 0 saturated carbocycles. The van der Waals surface area contributed by atoms with Gasteiger partial charge in [-0.15, -0.1) is 11.3 Å². The zero-order valence-corrected chi connectivity index (χ0v) is 12.4. The molecular formula is C14H10Cl2N2S. The van der Waals surface area contributed by atoms with Crippen LogP contribution in [0.5, 0.6) is 0 Å². The van der Waals surface area contributed by atoms with E-state index >= 15 is 0 Å². The maximum Gasteiger partial charge on any atom is 0.124 e. The van der Waals surface area contributed by atoms with Crippen LogP contribution >= 0.6 is 34.5 Å². The fraction of sp³-hybridized carbons (Fsp3) is 0.0714. The zero-order valence-electron chi connectivity index (χ0n) is 10.1. The maximum atomic E-state index is 6.06. The molecule has 0 saturated heterocycles. The highest BCUT2D eigenvalue weighted by Gasteiger charge is 2.10. The van der Waals surface area contributed by atoms with Crippen molar-refractivity contribution in [1.82, 2.24) is 4.98 Å². The summed E-state index contributed by atoms with van der Waals surface area (Å²) in [4.78, 5) is 4.62. The maximum absolute atomic E-state index is 6.06. The van der Waals surface area contributed by atoms with E-state index in [0.29, 0.717) is 15.7 Å². The number of hydrogen-bond acceptors (Lipinski definition) is 3. The van der Waals surface area contributed by atoms with Crippen LogP contribution in [0, 0.1) is 6.92 Å². The van der Waals surface area contributed by atoms with Crippen molar-refractivity contribution in [3.8, 4) is 10.6 Å². The lowest BCUT2D eigenvalue weighted by molar-refractivity contribution is 1.44. The molecule has 1 heterocycles. The van der Waals surface area contributed by atoms with Crippen LogP contribution in [0.15, 0.2) is 30.3 Å². The van der Waals surface area contributed by atoms with Gasteiger partial charge in [-0.05, 0) is 36.8 Å². The van der Waals surface area contributed by atoms with Crippen LogP contribution in [0.4, 0.5) is 5.69 Å². The van der Waals surface area contributed by atoms with E-state index in [1.807, 2.05) is 0 Å². The van der Waals surface area contributed by atoms with Gasteiger partial charge in [-0.3, -0.25) is 0 Å². The Balaban J connectivity index is 2.19. The first-order chi connectivity index (χ1) is 9.04. The van der Waals surface area contributed by atoms with Gasteiger partial charge in [0.2, 0.25) is 0 Å². The molecule has 0 aliphatic heterocycles. The number of hydrogen-bond donors (Lipinski definition) is 1. The van der Waals surface area contributed by atoms with E-state index in [1.54, 1.807) is 23.5 Å². The zero-order chi connectivity index (χ0) is 13.6. The Morgan fingerprint density at radius 2 is 1.79 bits per heavy atom. The van der Waals surface area contributed by atoms with Gasteiger partial charge >= 0.3 is 0 Å². The lowest BCUT2D eigenvalue weighted by Gasteiger charge is -2.03. The highest BCUT2D eigenvalue weighted by molar-refractivity contribution is 7.21. The summed E-state index contributed by atoms with van der Waals surface area (Å²) in [6, 6.07) is 9.82. The smallest absolute Gasteiger partial charge is 0.124 e. The van der Waals surface area contributed by atoms with E-state index in [4.69, 9.17) is 28.9 Å². The van der Waals surface area contributed by atoms with E-state index in [1.165, 1.54) is 5.56 Å². The summed E-state index contributed by atoms with van der Waals surface area (Å²) in [7, 11) is 0. The molecule has 1 aromatic heterocycles. The topological polar surface area (TPSA) is 38.9 Å². The number of thiazole rings is 1. The third-order valence-electron chi connectivity index (χ3n) is 2.87. The molecule has 2 nitrogen and oxygen atoms in total. The summed E-state index contributed by atoms with van der Waals surface area (Å²) < 4.78 is 1.14. The molecule has 0 fully saturated rings. The number of aromatic nitrogens is 1. The van der Waals surface area contributed by atoms with Gasteiger partial charge in [0.05, 0.1) is 25.9 Å². The van der Waals surface area contributed by atoms with Gasteiger partial charge in [0.1, 0.15) is 5.01 Å². The Kier molecular flexibility index (Phi) is 3.13. The van der Waals surface area contributed by atoms with Gasteiger partial charge in [-0.1, -0.05) is 29.3 Å². The van der Waals surface area contributed by atoms with E-state index in [0.717, 1.165) is 20.8 Å². The summed E-state index contributed by atoms with van der Waals surface area (Å²) in [5, 5.41) is 1.81. The standard InChI is InChI=1S/C14H10Cl2N2S/c1-7-2-3-12-11(4-7)18-14(19-12)8-5-9(15)13(17)10(16)6-8/h2-6H,17H2,1H3. The van der Waals surface area contributed by atoms with Crippen molar-refractivity contribution in [2.45, 2.75) is 6.92 Å². The Bertz CT molecular complexity index is 757. The molecule has 0 unspecified atom stereocenters. The number of anilines is 1. The predicted octanol–water partition coefficient (Wildman–Crippen LogP) is 5.16. The second-order valence-electron chi connectivity index (χ2n) is 4.34. The average molecular weight is 309 g/mol. The number of fused-ring (bicyclic) bond motifs is 1. The van der Waals surface area contributed by atoms with Crippen molar-refractivity contribution in [2.75, 3.05) is 5.73 Å². The monoisotopic (exact) mass is 308 g/mol. The first-order valence-corrected chi connectivity index (χ1v) is 7.24. The number of halogens is 2. The van der Waals surface area contributed by atoms with Crippen LogP contribution in [-0.4, -0.2) is 4.98 Å². The molecule has 2 aromatic carbocycles. The van der Waals surface area contributed by atoms with Gasteiger partial charge < -0.3 is 5.73 Å². The van der Waals surface area contributed by atoms with E-state index < -0.39 is 0 Å². The molecular weight excluding hydrogens is 299 g/mol. The van der Waals surface area contributed by atoms with Crippen molar-refractivity contribution in [1.29, 1.82) is 0 Å². The van der Waals surface area contributed by atoms with Crippen molar-refractivity contribution < 1.29 is 0 Å². The quantitative estimate of drug-likeness (QED) is 0.630. The number of nitrogens with two attached hydrogens (primary N) is 1. The normalized spacial score (nSPS) is 11.1. The van der Waals surface area contributed by atoms with Crippen molar-refractivity contribution in [3.63, 3.8) is 0 Å². The fourth-order valence-corrected chi connectivity index (χ4v) is 3.29. The minimum Gasteiger partial charge on any atom is -0.396 e. The lowest BCUT2D eigenvalue weighted by atomic mass is 10.2. The van der Waals surface area contributed by atoms with E-state index in [-0.39, 0.29) is 0 Å².